The highest BCUT2D eigenvalue weighted by Gasteiger charge is 2.25. The van der Waals surface area contributed by atoms with Crippen LogP contribution in [-0.2, 0) is 18.2 Å². The van der Waals surface area contributed by atoms with Crippen LogP contribution in [0.5, 0.6) is 0 Å². The van der Waals surface area contributed by atoms with Gasteiger partial charge in [-0.05, 0) is 25.0 Å². The summed E-state index contributed by atoms with van der Waals surface area (Å²) in [4.78, 5) is 6.64. The van der Waals surface area contributed by atoms with Crippen LogP contribution in [0.25, 0.3) is 5.69 Å². The van der Waals surface area contributed by atoms with Crippen LogP contribution in [0.1, 0.15) is 29.3 Å². The zero-order valence-electron chi connectivity index (χ0n) is 19.4. The third-order valence-corrected chi connectivity index (χ3v) is 5.65. The monoisotopic (exact) mass is 575 g/mol. The third-order valence-electron chi connectivity index (χ3n) is 5.65. The Bertz CT molecular complexity index is 1150. The van der Waals surface area contributed by atoms with Crippen molar-refractivity contribution >= 4 is 35.8 Å². The second-order valence-corrected chi connectivity index (χ2v) is 7.90. The number of ether oxygens (including phenoxy) is 1. The lowest BCUT2D eigenvalue weighted by Gasteiger charge is -2.34. The number of hydrogen-bond acceptors (Lipinski definition) is 6. The first-order chi connectivity index (χ1) is 16.1. The molecule has 0 amide bonds. The second kappa shape index (κ2) is 11.8. The van der Waals surface area contributed by atoms with Crippen molar-refractivity contribution in [3.8, 4) is 11.8 Å². The van der Waals surface area contributed by atoms with Crippen LogP contribution in [0.3, 0.4) is 0 Å². The van der Waals surface area contributed by atoms with E-state index in [0.29, 0.717) is 43.2 Å². The number of anilines is 1. The summed E-state index contributed by atoms with van der Waals surface area (Å²) < 4.78 is 9.35. The van der Waals surface area contributed by atoms with Gasteiger partial charge in [0.25, 0.3) is 0 Å². The number of rotatable bonds is 6. The van der Waals surface area contributed by atoms with Crippen molar-refractivity contribution in [1.29, 1.82) is 5.26 Å². The molecule has 1 aliphatic heterocycles. The van der Waals surface area contributed by atoms with E-state index in [1.54, 1.807) is 16.4 Å². The highest BCUT2D eigenvalue weighted by molar-refractivity contribution is 14.0. The lowest BCUT2D eigenvalue weighted by Crippen LogP contribution is -2.48. The van der Waals surface area contributed by atoms with Gasteiger partial charge in [0.1, 0.15) is 23.6 Å². The maximum absolute atomic E-state index is 9.59. The van der Waals surface area contributed by atoms with Gasteiger partial charge in [-0.1, -0.05) is 18.2 Å². The topological polar surface area (TPSA) is 122 Å². The summed E-state index contributed by atoms with van der Waals surface area (Å²) in [6.45, 7) is 2.81. The zero-order chi connectivity index (χ0) is 23.2. The number of aryl methyl sites for hydroxylation is 2. The first-order valence-corrected chi connectivity index (χ1v) is 11.0. The molecule has 1 unspecified atom stereocenters. The molecule has 11 heteroatoms. The molecule has 3 heterocycles. The number of nitriles is 1. The van der Waals surface area contributed by atoms with E-state index in [4.69, 9.17) is 10.5 Å². The van der Waals surface area contributed by atoms with E-state index in [-0.39, 0.29) is 30.1 Å². The molecule has 1 atom stereocenters. The van der Waals surface area contributed by atoms with Crippen molar-refractivity contribution in [1.82, 2.24) is 29.8 Å². The van der Waals surface area contributed by atoms with Crippen LogP contribution in [0.15, 0.2) is 47.7 Å². The molecule has 0 spiro atoms. The fourth-order valence-electron chi connectivity index (χ4n) is 3.98. The van der Waals surface area contributed by atoms with E-state index in [1.165, 1.54) is 0 Å². The second-order valence-electron chi connectivity index (χ2n) is 7.90. The van der Waals surface area contributed by atoms with Gasteiger partial charge < -0.3 is 20.7 Å². The first kappa shape index (κ1) is 25.5. The van der Waals surface area contributed by atoms with Crippen molar-refractivity contribution < 1.29 is 4.74 Å². The van der Waals surface area contributed by atoms with E-state index in [1.807, 2.05) is 49.8 Å². The van der Waals surface area contributed by atoms with Crippen LogP contribution in [-0.4, -0.2) is 63.7 Å². The molecule has 34 heavy (non-hydrogen) atoms. The predicted molar refractivity (Wildman–Crippen MR) is 141 cm³/mol. The number of nitrogens with one attached hydrogen (secondary N) is 1. The van der Waals surface area contributed by atoms with Crippen LogP contribution in [0, 0.1) is 11.3 Å². The third kappa shape index (κ3) is 5.68. The minimum Gasteiger partial charge on any atom is -0.382 e. The number of aliphatic imine (C=N–C) groups is 1. The Kier molecular flexibility index (Phi) is 8.89. The number of aromatic nitrogens is 4. The van der Waals surface area contributed by atoms with Gasteiger partial charge in [0.15, 0.2) is 5.96 Å². The quantitative estimate of drug-likeness (QED) is 0.200. The Balaban J connectivity index is 0.00000324. The van der Waals surface area contributed by atoms with E-state index in [2.05, 4.69) is 31.5 Å². The molecule has 3 N–H and O–H groups in total. The molecule has 0 aliphatic carbocycles. The molecule has 4 rings (SSSR count). The first-order valence-electron chi connectivity index (χ1n) is 11.0. The molecular weight excluding hydrogens is 545 g/mol. The normalized spacial score (nSPS) is 16.1. The highest BCUT2D eigenvalue weighted by Crippen LogP contribution is 2.22. The molecule has 10 nitrogen and oxygen atoms in total. The molecule has 1 aromatic carbocycles. The Morgan fingerprint density at radius 1 is 1.35 bits per heavy atom. The standard InChI is InChI=1S/C23H29N9O.HI/c1-26-23(31-11-12-33-21(16-31)17-14-28-30(2)15-17)27-10-6-9-20-19(13-24)22(25)32(29-20)18-7-4-3-5-8-18;/h3-5,7-8,14-15,21H,6,9-12,16,25H2,1-2H3,(H,26,27);1H. The zero-order valence-corrected chi connectivity index (χ0v) is 21.7. The molecule has 1 aliphatic rings. The summed E-state index contributed by atoms with van der Waals surface area (Å²) in [6, 6.07) is 11.8. The average molecular weight is 575 g/mol. The van der Waals surface area contributed by atoms with Crippen molar-refractivity contribution in [3.63, 3.8) is 0 Å². The number of morpholine rings is 1. The molecule has 0 radical (unpaired) electrons. The Labute approximate surface area is 216 Å². The van der Waals surface area contributed by atoms with Gasteiger partial charge in [0.05, 0.1) is 30.7 Å². The lowest BCUT2D eigenvalue weighted by atomic mass is 10.1. The number of guanidine groups is 1. The Morgan fingerprint density at radius 2 is 2.15 bits per heavy atom. The summed E-state index contributed by atoms with van der Waals surface area (Å²) >= 11 is 0. The molecular formula is C23H30IN9O. The molecule has 3 aromatic rings. The van der Waals surface area contributed by atoms with E-state index >= 15 is 0 Å². The van der Waals surface area contributed by atoms with Crippen LogP contribution >= 0.6 is 24.0 Å². The van der Waals surface area contributed by atoms with E-state index < -0.39 is 0 Å². The number of nitrogens with two attached hydrogens (primary N) is 1. The summed E-state index contributed by atoms with van der Waals surface area (Å²) in [6.07, 6.45) is 5.22. The lowest BCUT2D eigenvalue weighted by molar-refractivity contribution is -0.00801. The molecule has 180 valence electrons. The average Bonchev–Trinajstić information content (AvgIpc) is 3.42. The van der Waals surface area contributed by atoms with Gasteiger partial charge >= 0.3 is 0 Å². The van der Waals surface area contributed by atoms with E-state index in [0.717, 1.165) is 30.2 Å². The van der Waals surface area contributed by atoms with Gasteiger partial charge in [0.2, 0.25) is 0 Å². The van der Waals surface area contributed by atoms with Crippen molar-refractivity contribution in [3.05, 3.63) is 59.5 Å². The number of hydrogen-bond donors (Lipinski definition) is 2. The van der Waals surface area contributed by atoms with Crippen molar-refractivity contribution in [2.45, 2.75) is 18.9 Å². The van der Waals surface area contributed by atoms with Gasteiger partial charge in [-0.3, -0.25) is 9.67 Å². The number of benzene rings is 1. The predicted octanol–water partition coefficient (Wildman–Crippen LogP) is 2.26. The summed E-state index contributed by atoms with van der Waals surface area (Å²) in [5.74, 6) is 1.21. The number of para-hydroxylation sites is 1. The summed E-state index contributed by atoms with van der Waals surface area (Å²) in [5, 5.41) is 21.9. The molecule has 1 saturated heterocycles. The fourth-order valence-corrected chi connectivity index (χ4v) is 3.98. The van der Waals surface area contributed by atoms with Crippen molar-refractivity contribution in [2.24, 2.45) is 12.0 Å². The molecule has 1 fully saturated rings. The van der Waals surface area contributed by atoms with Crippen LogP contribution < -0.4 is 11.1 Å². The van der Waals surface area contributed by atoms with E-state index in [9.17, 15) is 5.26 Å². The molecule has 0 saturated carbocycles. The van der Waals surface area contributed by atoms with Gasteiger partial charge in [-0.15, -0.1) is 24.0 Å². The van der Waals surface area contributed by atoms with Gasteiger partial charge in [0, 0.05) is 38.9 Å². The Morgan fingerprint density at radius 3 is 2.82 bits per heavy atom. The van der Waals surface area contributed by atoms with Gasteiger partial charge in [-0.2, -0.15) is 15.5 Å². The maximum atomic E-state index is 9.59. The fraction of sp³-hybridized carbons (Fsp3) is 0.391. The minimum absolute atomic E-state index is 0. The highest BCUT2D eigenvalue weighted by atomic mass is 127. The van der Waals surface area contributed by atoms with Crippen molar-refractivity contribution in [2.75, 3.05) is 39.0 Å². The number of nitrogen functional groups attached to an aromatic ring is 1. The SMILES string of the molecule is CN=C(NCCCc1nn(-c2ccccc2)c(N)c1C#N)N1CCOC(c2cnn(C)c2)C1.I. The summed E-state index contributed by atoms with van der Waals surface area (Å²) in [7, 11) is 3.69. The van der Waals surface area contributed by atoms with Crippen LogP contribution in [0.2, 0.25) is 0 Å². The molecule has 0 bridgehead atoms. The smallest absolute Gasteiger partial charge is 0.193 e. The largest absolute Gasteiger partial charge is 0.382 e. The number of halogens is 1. The summed E-state index contributed by atoms with van der Waals surface area (Å²) in [5.41, 5.74) is 9.25. The number of nitrogens with zero attached hydrogens (tertiary/aromatic N) is 7. The molecule has 2 aromatic heterocycles. The Hall–Kier alpha value is -3.11. The van der Waals surface area contributed by atoms with Crippen LogP contribution in [0.4, 0.5) is 5.82 Å². The van der Waals surface area contributed by atoms with Gasteiger partial charge in [-0.25, -0.2) is 4.68 Å². The maximum Gasteiger partial charge on any atom is 0.193 e. The minimum atomic E-state index is -0.0332.